The van der Waals surface area contributed by atoms with Crippen molar-refractivity contribution >= 4 is 6.03 Å². The monoisotopic (exact) mass is 346 g/mol. The highest BCUT2D eigenvalue weighted by Crippen LogP contribution is 2.30. The van der Waals surface area contributed by atoms with Crippen molar-refractivity contribution < 1.29 is 9.32 Å². The molecule has 1 aliphatic carbocycles. The van der Waals surface area contributed by atoms with E-state index in [0.29, 0.717) is 18.4 Å². The van der Waals surface area contributed by atoms with Crippen molar-refractivity contribution in [1.29, 1.82) is 0 Å². The van der Waals surface area contributed by atoms with Crippen molar-refractivity contribution in [2.24, 2.45) is 0 Å². The molecule has 0 spiro atoms. The number of hydrogen-bond donors (Lipinski definition) is 1. The van der Waals surface area contributed by atoms with Crippen LogP contribution in [0.1, 0.15) is 62.5 Å². The average molecular weight is 346 g/mol. The molecule has 136 valence electrons. The zero-order valence-electron chi connectivity index (χ0n) is 14.9. The van der Waals surface area contributed by atoms with Crippen LogP contribution in [0.15, 0.2) is 16.9 Å². The summed E-state index contributed by atoms with van der Waals surface area (Å²) in [5.74, 6) is 2.50. The maximum absolute atomic E-state index is 12.2. The zero-order valence-corrected chi connectivity index (χ0v) is 14.9. The fourth-order valence-corrected chi connectivity index (χ4v) is 3.22. The Hall–Kier alpha value is -2.38. The Morgan fingerprint density at radius 3 is 2.96 bits per heavy atom. The van der Waals surface area contributed by atoms with E-state index in [1.807, 2.05) is 17.7 Å². The molecule has 2 heterocycles. The Labute approximate surface area is 147 Å². The standard InChI is InChI=1S/C17H26N6O2/c1-3-23-10-9-18-14(23)12-22(2)17(24)19-11-15-20-16(21-25-15)13-7-5-4-6-8-13/h9-10,13H,3-8,11-12H2,1-2H3,(H,19,24). The van der Waals surface area contributed by atoms with Crippen LogP contribution >= 0.6 is 0 Å². The molecule has 0 aliphatic heterocycles. The van der Waals surface area contributed by atoms with Crippen LogP contribution in [-0.4, -0.2) is 37.7 Å². The summed E-state index contributed by atoms with van der Waals surface area (Å²) in [5, 5.41) is 6.90. The van der Waals surface area contributed by atoms with Crippen molar-refractivity contribution in [3.63, 3.8) is 0 Å². The molecule has 0 atom stereocenters. The molecule has 2 amide bonds. The summed E-state index contributed by atoms with van der Waals surface area (Å²) >= 11 is 0. The van der Waals surface area contributed by atoms with Gasteiger partial charge in [-0.2, -0.15) is 4.98 Å². The quantitative estimate of drug-likeness (QED) is 0.868. The highest BCUT2D eigenvalue weighted by molar-refractivity contribution is 5.73. The molecule has 0 saturated heterocycles. The van der Waals surface area contributed by atoms with Gasteiger partial charge in [-0.15, -0.1) is 0 Å². The summed E-state index contributed by atoms with van der Waals surface area (Å²) in [6.45, 7) is 3.57. The van der Waals surface area contributed by atoms with E-state index in [1.165, 1.54) is 19.3 Å². The fourth-order valence-electron chi connectivity index (χ4n) is 3.22. The van der Waals surface area contributed by atoms with Crippen LogP contribution in [0.25, 0.3) is 0 Å². The van der Waals surface area contributed by atoms with Crippen molar-refractivity contribution in [2.45, 2.75) is 64.6 Å². The lowest BCUT2D eigenvalue weighted by molar-refractivity contribution is 0.203. The molecular formula is C17H26N6O2. The second-order valence-corrected chi connectivity index (χ2v) is 6.53. The number of nitrogens with zero attached hydrogens (tertiary/aromatic N) is 5. The first-order valence-electron chi connectivity index (χ1n) is 8.98. The lowest BCUT2D eigenvalue weighted by Gasteiger charge is -2.18. The van der Waals surface area contributed by atoms with Crippen LogP contribution in [0.3, 0.4) is 0 Å². The number of aromatic nitrogens is 4. The van der Waals surface area contributed by atoms with E-state index in [-0.39, 0.29) is 12.6 Å². The van der Waals surface area contributed by atoms with Gasteiger partial charge in [-0.1, -0.05) is 24.4 Å². The number of carbonyl (C=O) groups excluding carboxylic acids is 1. The molecule has 1 saturated carbocycles. The largest absolute Gasteiger partial charge is 0.337 e. The van der Waals surface area contributed by atoms with Gasteiger partial charge in [0.15, 0.2) is 5.82 Å². The number of carbonyl (C=O) groups is 1. The van der Waals surface area contributed by atoms with Crippen LogP contribution in [0.4, 0.5) is 4.79 Å². The highest BCUT2D eigenvalue weighted by Gasteiger charge is 2.21. The first-order valence-corrected chi connectivity index (χ1v) is 8.98. The minimum Gasteiger partial charge on any atom is -0.337 e. The predicted octanol–water partition coefficient (Wildman–Crippen LogP) is 2.68. The van der Waals surface area contributed by atoms with Crippen molar-refractivity contribution in [3.8, 4) is 0 Å². The Kier molecular flexibility index (Phi) is 5.67. The summed E-state index contributed by atoms with van der Waals surface area (Å²) < 4.78 is 7.29. The van der Waals surface area contributed by atoms with Crippen molar-refractivity contribution in [2.75, 3.05) is 7.05 Å². The van der Waals surface area contributed by atoms with Crippen LogP contribution in [0.5, 0.6) is 0 Å². The molecule has 8 nitrogen and oxygen atoms in total. The van der Waals surface area contributed by atoms with Gasteiger partial charge in [-0.05, 0) is 19.8 Å². The average Bonchev–Trinajstić information content (AvgIpc) is 3.29. The first-order chi connectivity index (χ1) is 12.2. The van der Waals surface area contributed by atoms with Crippen LogP contribution in [-0.2, 0) is 19.6 Å². The number of aryl methyl sites for hydroxylation is 1. The maximum Gasteiger partial charge on any atom is 0.317 e. The molecule has 0 unspecified atom stereocenters. The molecule has 1 fully saturated rings. The summed E-state index contributed by atoms with van der Waals surface area (Å²) in [5.41, 5.74) is 0. The molecule has 3 rings (SSSR count). The number of nitrogens with one attached hydrogen (secondary N) is 1. The SMILES string of the molecule is CCn1ccnc1CN(C)C(=O)NCc1nc(C2CCCCC2)no1. The van der Waals surface area contributed by atoms with Gasteiger partial charge in [0.2, 0.25) is 5.89 Å². The van der Waals surface area contributed by atoms with E-state index in [1.54, 1.807) is 18.1 Å². The molecule has 0 radical (unpaired) electrons. The molecule has 25 heavy (non-hydrogen) atoms. The van der Waals surface area contributed by atoms with Gasteiger partial charge >= 0.3 is 6.03 Å². The first kappa shape index (κ1) is 17.4. The van der Waals surface area contributed by atoms with E-state index in [0.717, 1.165) is 31.0 Å². The third-order valence-corrected chi connectivity index (χ3v) is 4.71. The topological polar surface area (TPSA) is 89.1 Å². The molecule has 0 bridgehead atoms. The van der Waals surface area contributed by atoms with Crippen LogP contribution in [0, 0.1) is 0 Å². The Balaban J connectivity index is 1.49. The number of imidazole rings is 1. The van der Waals surface area contributed by atoms with Gasteiger partial charge < -0.3 is 19.3 Å². The summed E-state index contributed by atoms with van der Waals surface area (Å²) in [4.78, 5) is 22.6. The zero-order chi connectivity index (χ0) is 17.6. The minimum atomic E-state index is -0.192. The Morgan fingerprint density at radius 1 is 1.40 bits per heavy atom. The lowest BCUT2D eigenvalue weighted by Crippen LogP contribution is -2.37. The van der Waals surface area contributed by atoms with E-state index in [4.69, 9.17) is 4.52 Å². The van der Waals surface area contributed by atoms with Crippen LogP contribution < -0.4 is 5.32 Å². The van der Waals surface area contributed by atoms with E-state index >= 15 is 0 Å². The van der Waals surface area contributed by atoms with Crippen molar-refractivity contribution in [3.05, 3.63) is 29.9 Å². The predicted molar refractivity (Wildman–Crippen MR) is 91.7 cm³/mol. The Bertz CT molecular complexity index is 689. The van der Waals surface area contributed by atoms with Gasteiger partial charge in [-0.25, -0.2) is 9.78 Å². The van der Waals surface area contributed by atoms with E-state index < -0.39 is 0 Å². The number of hydrogen-bond acceptors (Lipinski definition) is 5. The molecular weight excluding hydrogens is 320 g/mol. The van der Waals surface area contributed by atoms with Gasteiger partial charge in [-0.3, -0.25) is 0 Å². The third-order valence-electron chi connectivity index (χ3n) is 4.71. The normalized spacial score (nSPS) is 15.3. The third kappa shape index (κ3) is 4.37. The van der Waals surface area contributed by atoms with Gasteiger partial charge in [0, 0.05) is 31.9 Å². The minimum absolute atomic E-state index is 0.192. The smallest absolute Gasteiger partial charge is 0.317 e. The van der Waals surface area contributed by atoms with Gasteiger partial charge in [0.1, 0.15) is 5.82 Å². The van der Waals surface area contributed by atoms with Crippen LogP contribution in [0.2, 0.25) is 0 Å². The van der Waals surface area contributed by atoms with E-state index in [2.05, 4.69) is 20.4 Å². The van der Waals surface area contributed by atoms with Gasteiger partial charge in [0.05, 0.1) is 13.1 Å². The lowest BCUT2D eigenvalue weighted by atomic mass is 9.89. The van der Waals surface area contributed by atoms with Gasteiger partial charge in [0.25, 0.3) is 0 Å². The number of urea groups is 1. The second kappa shape index (κ2) is 8.13. The second-order valence-electron chi connectivity index (χ2n) is 6.53. The molecule has 2 aromatic rings. The maximum atomic E-state index is 12.2. The fraction of sp³-hybridized carbons (Fsp3) is 0.647. The molecule has 2 aromatic heterocycles. The molecule has 1 aliphatic rings. The van der Waals surface area contributed by atoms with E-state index in [9.17, 15) is 4.79 Å². The molecule has 0 aromatic carbocycles. The summed E-state index contributed by atoms with van der Waals surface area (Å²) in [6, 6.07) is -0.192. The van der Waals surface area contributed by atoms with Crippen molar-refractivity contribution in [1.82, 2.24) is 29.9 Å². The molecule has 1 N–H and O–H groups in total. The summed E-state index contributed by atoms with van der Waals surface area (Å²) in [6.07, 6.45) is 9.64. The Morgan fingerprint density at radius 2 is 2.20 bits per heavy atom. The molecule has 8 heteroatoms. The highest BCUT2D eigenvalue weighted by atomic mass is 16.5. The number of amides is 2. The number of rotatable bonds is 6. The summed E-state index contributed by atoms with van der Waals surface area (Å²) in [7, 11) is 1.74.